The highest BCUT2D eigenvalue weighted by molar-refractivity contribution is 7.99. The quantitative estimate of drug-likeness (QED) is 0.244. The van der Waals surface area contributed by atoms with Gasteiger partial charge in [0.1, 0.15) is 0 Å². The lowest BCUT2D eigenvalue weighted by Gasteiger charge is -2.25. The summed E-state index contributed by atoms with van der Waals surface area (Å²) in [5.41, 5.74) is 3.51. The van der Waals surface area contributed by atoms with Crippen LogP contribution in [0.25, 0.3) is 11.4 Å². The Hall–Kier alpha value is -3.14. The SMILES string of the molecule is Cc1ccc(-c2nnc(SCC(=O)N/N=C\c3ccccc3C(F)(F)F)n2C2CCCCC2)cc1. The van der Waals surface area contributed by atoms with Crippen LogP contribution in [0.1, 0.15) is 54.8 Å². The van der Waals surface area contributed by atoms with Crippen LogP contribution in [0.5, 0.6) is 0 Å². The van der Waals surface area contributed by atoms with Gasteiger partial charge in [0.15, 0.2) is 11.0 Å². The molecule has 0 spiro atoms. The molecule has 35 heavy (non-hydrogen) atoms. The van der Waals surface area contributed by atoms with Crippen LogP contribution in [0.15, 0.2) is 58.8 Å². The van der Waals surface area contributed by atoms with Gasteiger partial charge in [0.25, 0.3) is 5.91 Å². The minimum atomic E-state index is -4.50. The monoisotopic (exact) mass is 501 g/mol. The number of aromatic nitrogens is 3. The van der Waals surface area contributed by atoms with Crippen molar-refractivity contribution in [2.24, 2.45) is 5.10 Å². The summed E-state index contributed by atoms with van der Waals surface area (Å²) in [7, 11) is 0. The van der Waals surface area contributed by atoms with Crippen molar-refractivity contribution in [1.82, 2.24) is 20.2 Å². The molecular formula is C25H26F3N5OS. The van der Waals surface area contributed by atoms with Crippen molar-refractivity contribution in [1.29, 1.82) is 0 Å². The van der Waals surface area contributed by atoms with Gasteiger partial charge in [-0.05, 0) is 25.8 Å². The third kappa shape index (κ3) is 6.30. The van der Waals surface area contributed by atoms with Crippen molar-refractivity contribution in [3.63, 3.8) is 0 Å². The third-order valence-corrected chi connectivity index (χ3v) is 6.85. The highest BCUT2D eigenvalue weighted by Crippen LogP contribution is 2.35. The first kappa shape index (κ1) is 25.0. The van der Waals surface area contributed by atoms with Crippen LogP contribution in [-0.4, -0.2) is 32.6 Å². The summed E-state index contributed by atoms with van der Waals surface area (Å²) in [6, 6.07) is 13.4. The Morgan fingerprint density at radius 2 is 1.83 bits per heavy atom. The number of carbonyl (C=O) groups is 1. The number of nitrogens with zero attached hydrogens (tertiary/aromatic N) is 4. The van der Waals surface area contributed by atoms with E-state index in [4.69, 9.17) is 0 Å². The first-order valence-electron chi connectivity index (χ1n) is 11.5. The molecule has 1 saturated carbocycles. The summed E-state index contributed by atoms with van der Waals surface area (Å²) >= 11 is 1.24. The second kappa shape index (κ2) is 11.1. The number of halogens is 3. The van der Waals surface area contributed by atoms with Crippen LogP contribution in [0.2, 0.25) is 0 Å². The van der Waals surface area contributed by atoms with Crippen molar-refractivity contribution in [2.75, 3.05) is 5.75 Å². The first-order chi connectivity index (χ1) is 16.8. The van der Waals surface area contributed by atoms with Crippen LogP contribution < -0.4 is 5.43 Å². The number of alkyl halides is 3. The second-order valence-corrected chi connectivity index (χ2v) is 9.44. The van der Waals surface area contributed by atoms with Crippen LogP contribution in [0.3, 0.4) is 0 Å². The molecule has 0 unspecified atom stereocenters. The molecule has 1 heterocycles. The van der Waals surface area contributed by atoms with Crippen molar-refractivity contribution in [3.8, 4) is 11.4 Å². The lowest BCUT2D eigenvalue weighted by Crippen LogP contribution is -2.21. The smallest absolute Gasteiger partial charge is 0.299 e. The maximum atomic E-state index is 13.1. The Morgan fingerprint density at radius 1 is 1.11 bits per heavy atom. The van der Waals surface area contributed by atoms with E-state index >= 15 is 0 Å². The Kier molecular flexibility index (Phi) is 7.90. The molecule has 2 aromatic carbocycles. The molecule has 1 amide bonds. The molecule has 0 atom stereocenters. The van der Waals surface area contributed by atoms with Gasteiger partial charge in [-0.1, -0.05) is 79.1 Å². The number of amides is 1. The van der Waals surface area contributed by atoms with Gasteiger partial charge < -0.3 is 0 Å². The summed E-state index contributed by atoms with van der Waals surface area (Å²) in [6.07, 6.45) is 2.04. The molecule has 1 N–H and O–H groups in total. The number of nitrogens with one attached hydrogen (secondary N) is 1. The number of aryl methyl sites for hydroxylation is 1. The van der Waals surface area contributed by atoms with E-state index in [1.54, 1.807) is 0 Å². The van der Waals surface area contributed by atoms with E-state index < -0.39 is 17.6 Å². The van der Waals surface area contributed by atoms with E-state index in [2.05, 4.69) is 25.3 Å². The fourth-order valence-electron chi connectivity index (χ4n) is 4.15. The van der Waals surface area contributed by atoms with Gasteiger partial charge in [0.2, 0.25) is 0 Å². The van der Waals surface area contributed by atoms with E-state index in [0.717, 1.165) is 54.9 Å². The number of carbonyl (C=O) groups excluding carboxylic acids is 1. The predicted molar refractivity (Wildman–Crippen MR) is 130 cm³/mol. The number of hydrogen-bond acceptors (Lipinski definition) is 5. The van der Waals surface area contributed by atoms with E-state index in [-0.39, 0.29) is 17.4 Å². The molecule has 184 valence electrons. The van der Waals surface area contributed by atoms with Crippen LogP contribution >= 0.6 is 11.8 Å². The molecule has 3 aromatic rings. The van der Waals surface area contributed by atoms with Crippen molar-refractivity contribution < 1.29 is 18.0 Å². The van der Waals surface area contributed by atoms with Gasteiger partial charge in [-0.15, -0.1) is 10.2 Å². The fourth-order valence-corrected chi connectivity index (χ4v) is 4.95. The Balaban J connectivity index is 1.45. The second-order valence-electron chi connectivity index (χ2n) is 8.50. The Bertz CT molecular complexity index is 1180. The molecule has 0 saturated heterocycles. The molecule has 1 aliphatic rings. The van der Waals surface area contributed by atoms with E-state index in [1.165, 1.54) is 36.4 Å². The molecule has 1 aromatic heterocycles. The topological polar surface area (TPSA) is 72.2 Å². The molecule has 1 fully saturated rings. The normalized spacial score (nSPS) is 15.0. The summed E-state index contributed by atoms with van der Waals surface area (Å²) in [6.45, 7) is 2.03. The highest BCUT2D eigenvalue weighted by atomic mass is 32.2. The molecule has 0 bridgehead atoms. The van der Waals surface area contributed by atoms with Crippen molar-refractivity contribution in [3.05, 3.63) is 65.2 Å². The molecule has 4 rings (SSSR count). The van der Waals surface area contributed by atoms with Gasteiger partial charge in [-0.2, -0.15) is 18.3 Å². The average molecular weight is 502 g/mol. The Morgan fingerprint density at radius 3 is 2.54 bits per heavy atom. The zero-order valence-electron chi connectivity index (χ0n) is 19.3. The van der Waals surface area contributed by atoms with E-state index in [1.807, 2.05) is 31.2 Å². The number of hydrazone groups is 1. The van der Waals surface area contributed by atoms with Gasteiger partial charge in [-0.3, -0.25) is 9.36 Å². The lowest BCUT2D eigenvalue weighted by molar-refractivity contribution is -0.137. The standard InChI is InChI=1S/C25H26F3N5OS/c1-17-11-13-18(14-12-17)23-31-32-24(33(23)20-8-3-2-4-9-20)35-16-22(34)30-29-15-19-7-5-6-10-21(19)25(26,27)28/h5-7,10-15,20H,2-4,8-9,16H2,1H3,(H,30,34)/b29-15-. The van der Waals surface area contributed by atoms with Crippen molar-refractivity contribution in [2.45, 2.75) is 56.4 Å². The fraction of sp³-hybridized carbons (Fsp3) is 0.360. The van der Waals surface area contributed by atoms with Gasteiger partial charge in [-0.25, -0.2) is 5.43 Å². The maximum absolute atomic E-state index is 13.1. The number of thioether (sulfide) groups is 1. The lowest BCUT2D eigenvalue weighted by atomic mass is 9.95. The minimum Gasteiger partial charge on any atom is -0.299 e. The molecule has 1 aliphatic carbocycles. The summed E-state index contributed by atoms with van der Waals surface area (Å²) in [5.74, 6) is 0.351. The highest BCUT2D eigenvalue weighted by Gasteiger charge is 2.32. The summed E-state index contributed by atoms with van der Waals surface area (Å²) in [5, 5.41) is 13.2. The number of benzene rings is 2. The first-order valence-corrected chi connectivity index (χ1v) is 12.4. The van der Waals surface area contributed by atoms with E-state index in [0.29, 0.717) is 5.16 Å². The molecular weight excluding hydrogens is 475 g/mol. The molecule has 0 aliphatic heterocycles. The van der Waals surface area contributed by atoms with Gasteiger partial charge in [0, 0.05) is 17.2 Å². The van der Waals surface area contributed by atoms with E-state index in [9.17, 15) is 18.0 Å². The zero-order valence-corrected chi connectivity index (χ0v) is 20.1. The summed E-state index contributed by atoms with van der Waals surface area (Å²) in [4.78, 5) is 12.4. The largest absolute Gasteiger partial charge is 0.417 e. The molecule has 6 nitrogen and oxygen atoms in total. The Labute approximate surface area is 206 Å². The summed E-state index contributed by atoms with van der Waals surface area (Å²) < 4.78 is 41.5. The van der Waals surface area contributed by atoms with Crippen molar-refractivity contribution >= 4 is 23.9 Å². The molecule has 0 radical (unpaired) electrons. The average Bonchev–Trinajstić information content (AvgIpc) is 3.27. The maximum Gasteiger partial charge on any atom is 0.417 e. The number of hydrogen-bond donors (Lipinski definition) is 1. The van der Waals surface area contributed by atoms with Crippen LogP contribution in [0.4, 0.5) is 13.2 Å². The third-order valence-electron chi connectivity index (χ3n) is 5.91. The molecule has 10 heteroatoms. The predicted octanol–water partition coefficient (Wildman–Crippen LogP) is 6.02. The number of rotatable bonds is 7. The van der Waals surface area contributed by atoms with Crippen LogP contribution in [-0.2, 0) is 11.0 Å². The minimum absolute atomic E-state index is 0.0109. The van der Waals surface area contributed by atoms with Gasteiger partial charge in [0.05, 0.1) is 17.5 Å². The zero-order chi connectivity index (χ0) is 24.8. The van der Waals surface area contributed by atoms with Crippen LogP contribution in [0, 0.1) is 6.92 Å². The van der Waals surface area contributed by atoms with Gasteiger partial charge >= 0.3 is 6.18 Å².